The van der Waals surface area contributed by atoms with E-state index < -0.39 is 12.0 Å². The predicted octanol–water partition coefficient (Wildman–Crippen LogP) is 2.09. The number of carbonyl (C=O) groups excluding carboxylic acids is 1. The molecule has 5 nitrogen and oxygen atoms in total. The summed E-state index contributed by atoms with van der Waals surface area (Å²) in [5, 5.41) is 9.10. The van der Waals surface area contributed by atoms with E-state index in [9.17, 15) is 9.59 Å². The van der Waals surface area contributed by atoms with E-state index in [2.05, 4.69) is 0 Å². The first-order chi connectivity index (χ1) is 10.1. The molecule has 2 rings (SSSR count). The maximum atomic E-state index is 12.2. The summed E-state index contributed by atoms with van der Waals surface area (Å²) in [6.45, 7) is 3.08. The second-order valence-electron chi connectivity index (χ2n) is 5.16. The van der Waals surface area contributed by atoms with E-state index in [-0.39, 0.29) is 5.91 Å². The molecule has 1 heterocycles. The molecule has 1 N–H and O–H groups in total. The summed E-state index contributed by atoms with van der Waals surface area (Å²) in [6, 6.07) is 7.02. The number of hydrogen-bond donors (Lipinski definition) is 1. The van der Waals surface area contributed by atoms with Crippen LogP contribution in [0.2, 0.25) is 0 Å². The molecule has 1 aliphatic heterocycles. The third-order valence-electron chi connectivity index (χ3n) is 3.70. The first-order valence-electron chi connectivity index (χ1n) is 7.36. The minimum Gasteiger partial charge on any atom is -0.494 e. The van der Waals surface area contributed by atoms with Crippen LogP contribution in [0, 0.1) is 0 Å². The van der Waals surface area contributed by atoms with Crippen LogP contribution in [0.1, 0.15) is 31.7 Å². The van der Waals surface area contributed by atoms with Crippen LogP contribution in [0.15, 0.2) is 24.3 Å². The fourth-order valence-corrected chi connectivity index (χ4v) is 2.67. The van der Waals surface area contributed by atoms with E-state index in [1.807, 2.05) is 31.2 Å². The van der Waals surface area contributed by atoms with Gasteiger partial charge in [-0.2, -0.15) is 0 Å². The van der Waals surface area contributed by atoms with Gasteiger partial charge in [-0.3, -0.25) is 4.79 Å². The minimum absolute atomic E-state index is 0.0817. The average Bonchev–Trinajstić information content (AvgIpc) is 2.95. The van der Waals surface area contributed by atoms with Crippen LogP contribution in [0.25, 0.3) is 0 Å². The Labute approximate surface area is 124 Å². The molecule has 0 bridgehead atoms. The lowest BCUT2D eigenvalue weighted by Crippen LogP contribution is -2.40. The van der Waals surface area contributed by atoms with Crippen molar-refractivity contribution in [2.75, 3.05) is 13.2 Å². The van der Waals surface area contributed by atoms with Gasteiger partial charge in [-0.05, 0) is 43.9 Å². The highest BCUT2D eigenvalue weighted by molar-refractivity contribution is 5.84. The lowest BCUT2D eigenvalue weighted by atomic mass is 10.1. The number of hydrogen-bond acceptors (Lipinski definition) is 3. The number of aliphatic carboxylic acids is 1. The van der Waals surface area contributed by atoms with Crippen LogP contribution >= 0.6 is 0 Å². The molecule has 1 aromatic rings. The highest BCUT2D eigenvalue weighted by Gasteiger charge is 2.33. The van der Waals surface area contributed by atoms with Gasteiger partial charge in [0, 0.05) is 13.0 Å². The Balaban J connectivity index is 1.91. The zero-order valence-electron chi connectivity index (χ0n) is 12.2. The normalized spacial score (nSPS) is 17.8. The van der Waals surface area contributed by atoms with Crippen LogP contribution in [0.5, 0.6) is 5.75 Å². The zero-order chi connectivity index (χ0) is 15.2. The fraction of sp³-hybridized carbons (Fsp3) is 0.500. The van der Waals surface area contributed by atoms with E-state index in [0.717, 1.165) is 17.7 Å². The Morgan fingerprint density at radius 1 is 1.43 bits per heavy atom. The molecule has 114 valence electrons. The van der Waals surface area contributed by atoms with Crippen LogP contribution < -0.4 is 4.74 Å². The van der Waals surface area contributed by atoms with E-state index in [4.69, 9.17) is 9.84 Å². The first-order valence-corrected chi connectivity index (χ1v) is 7.36. The molecule has 1 unspecified atom stereocenters. The van der Waals surface area contributed by atoms with Gasteiger partial charge in [0.05, 0.1) is 6.61 Å². The smallest absolute Gasteiger partial charge is 0.326 e. The second kappa shape index (κ2) is 7.11. The SMILES string of the molecule is CCOc1cccc(CCC(=O)N2CCCC2C(=O)O)c1. The number of nitrogens with zero attached hydrogens (tertiary/aromatic N) is 1. The lowest BCUT2D eigenvalue weighted by Gasteiger charge is -2.21. The summed E-state index contributed by atoms with van der Waals surface area (Å²) in [5.74, 6) is -0.187. The molecule has 21 heavy (non-hydrogen) atoms. The quantitative estimate of drug-likeness (QED) is 0.871. The number of likely N-dealkylation sites (tertiary alicyclic amines) is 1. The predicted molar refractivity (Wildman–Crippen MR) is 78.3 cm³/mol. The summed E-state index contributed by atoms with van der Waals surface area (Å²) >= 11 is 0. The van der Waals surface area contributed by atoms with Gasteiger partial charge >= 0.3 is 5.97 Å². The average molecular weight is 291 g/mol. The van der Waals surface area contributed by atoms with E-state index in [0.29, 0.717) is 32.4 Å². The van der Waals surface area contributed by atoms with Crippen molar-refractivity contribution in [3.63, 3.8) is 0 Å². The molecular formula is C16H21NO4. The van der Waals surface area contributed by atoms with E-state index in [1.165, 1.54) is 4.90 Å². The van der Waals surface area contributed by atoms with Crippen LogP contribution in [-0.2, 0) is 16.0 Å². The van der Waals surface area contributed by atoms with E-state index >= 15 is 0 Å². The third-order valence-corrected chi connectivity index (χ3v) is 3.70. The molecule has 5 heteroatoms. The number of ether oxygens (including phenoxy) is 1. The third kappa shape index (κ3) is 3.97. The Morgan fingerprint density at radius 3 is 2.95 bits per heavy atom. The van der Waals surface area contributed by atoms with Gasteiger partial charge in [0.15, 0.2) is 0 Å². The summed E-state index contributed by atoms with van der Waals surface area (Å²) < 4.78 is 5.43. The van der Waals surface area contributed by atoms with Crippen molar-refractivity contribution < 1.29 is 19.4 Å². The highest BCUT2D eigenvalue weighted by Crippen LogP contribution is 2.20. The second-order valence-corrected chi connectivity index (χ2v) is 5.16. The van der Waals surface area contributed by atoms with Gasteiger partial charge in [-0.1, -0.05) is 12.1 Å². The molecule has 0 spiro atoms. The summed E-state index contributed by atoms with van der Waals surface area (Å²) in [6.07, 6.45) is 2.26. The van der Waals surface area contributed by atoms with Crippen molar-refractivity contribution in [1.82, 2.24) is 4.90 Å². The van der Waals surface area contributed by atoms with Gasteiger partial charge in [0.1, 0.15) is 11.8 Å². The number of benzene rings is 1. The molecule has 0 aliphatic carbocycles. The maximum absolute atomic E-state index is 12.2. The molecule has 0 saturated carbocycles. The number of carbonyl (C=O) groups is 2. The fourth-order valence-electron chi connectivity index (χ4n) is 2.67. The van der Waals surface area contributed by atoms with Crippen molar-refractivity contribution in [2.45, 2.75) is 38.6 Å². The van der Waals surface area contributed by atoms with E-state index in [1.54, 1.807) is 0 Å². The topological polar surface area (TPSA) is 66.8 Å². The number of aryl methyl sites for hydroxylation is 1. The summed E-state index contributed by atoms with van der Waals surface area (Å²) in [4.78, 5) is 24.8. The Bertz CT molecular complexity index is 515. The van der Waals surface area contributed by atoms with Crippen molar-refractivity contribution in [3.8, 4) is 5.75 Å². The first kappa shape index (κ1) is 15.4. The van der Waals surface area contributed by atoms with Crippen LogP contribution in [0.3, 0.4) is 0 Å². The van der Waals surface area contributed by atoms with Gasteiger partial charge in [-0.15, -0.1) is 0 Å². The molecule has 1 fully saturated rings. The number of carboxylic acid groups (broad SMARTS) is 1. The molecule has 1 saturated heterocycles. The standard InChI is InChI=1S/C16H21NO4/c1-2-21-13-6-3-5-12(11-13)8-9-15(18)17-10-4-7-14(17)16(19)20/h3,5-6,11,14H,2,4,7-10H2,1H3,(H,19,20). The molecule has 1 atom stereocenters. The monoisotopic (exact) mass is 291 g/mol. The van der Waals surface area contributed by atoms with Gasteiger partial charge in [0.2, 0.25) is 5.91 Å². The van der Waals surface area contributed by atoms with Crippen molar-refractivity contribution in [3.05, 3.63) is 29.8 Å². The van der Waals surface area contributed by atoms with Crippen molar-refractivity contribution in [2.24, 2.45) is 0 Å². The largest absolute Gasteiger partial charge is 0.494 e. The van der Waals surface area contributed by atoms with Gasteiger partial charge in [-0.25, -0.2) is 4.79 Å². The Kier molecular flexibility index (Phi) is 5.20. The molecule has 0 aromatic heterocycles. The van der Waals surface area contributed by atoms with Crippen LogP contribution in [-0.4, -0.2) is 41.1 Å². The molecule has 1 aromatic carbocycles. The lowest BCUT2D eigenvalue weighted by molar-refractivity contribution is -0.148. The number of rotatable bonds is 6. The Hall–Kier alpha value is -2.04. The molecule has 1 aliphatic rings. The van der Waals surface area contributed by atoms with Crippen LogP contribution in [0.4, 0.5) is 0 Å². The minimum atomic E-state index is -0.904. The van der Waals surface area contributed by atoms with Crippen molar-refractivity contribution >= 4 is 11.9 Å². The molecule has 1 amide bonds. The van der Waals surface area contributed by atoms with Gasteiger partial charge < -0.3 is 14.7 Å². The summed E-state index contributed by atoms with van der Waals surface area (Å²) in [5.41, 5.74) is 1.03. The summed E-state index contributed by atoms with van der Waals surface area (Å²) in [7, 11) is 0. The van der Waals surface area contributed by atoms with Crippen molar-refractivity contribution in [1.29, 1.82) is 0 Å². The highest BCUT2D eigenvalue weighted by atomic mass is 16.5. The number of amides is 1. The zero-order valence-corrected chi connectivity index (χ0v) is 12.2. The molecule has 0 radical (unpaired) electrons. The molecular weight excluding hydrogens is 270 g/mol. The maximum Gasteiger partial charge on any atom is 0.326 e. The Morgan fingerprint density at radius 2 is 2.24 bits per heavy atom. The number of carboxylic acids is 1. The van der Waals surface area contributed by atoms with Gasteiger partial charge in [0.25, 0.3) is 0 Å².